The first-order valence-corrected chi connectivity index (χ1v) is 7.78. The zero-order valence-electron chi connectivity index (χ0n) is 11.2. The van der Waals surface area contributed by atoms with Gasteiger partial charge in [0.25, 0.3) is 0 Å². The lowest BCUT2D eigenvalue weighted by Gasteiger charge is -2.32. The summed E-state index contributed by atoms with van der Waals surface area (Å²) in [5.74, 6) is 0. The molecule has 0 unspecified atom stereocenters. The molecule has 1 aromatic carbocycles. The fourth-order valence-electron chi connectivity index (χ4n) is 2.51. The molecule has 0 saturated carbocycles. The second kappa shape index (κ2) is 7.27. The molecular weight excluding hydrogens is 288 g/mol. The van der Waals surface area contributed by atoms with E-state index in [1.165, 1.54) is 42.4 Å². The summed E-state index contributed by atoms with van der Waals surface area (Å²) >= 11 is 3.63. The maximum Gasteiger partial charge on any atom is 0.0244 e. The minimum absolute atomic E-state index is 0.736. The van der Waals surface area contributed by atoms with Crippen molar-refractivity contribution >= 4 is 15.9 Å². The van der Waals surface area contributed by atoms with Gasteiger partial charge in [-0.2, -0.15) is 0 Å². The first-order valence-electron chi connectivity index (χ1n) is 6.98. The van der Waals surface area contributed by atoms with Gasteiger partial charge in [0.15, 0.2) is 0 Å². The van der Waals surface area contributed by atoms with Crippen molar-refractivity contribution in [3.63, 3.8) is 0 Å². The molecule has 1 aliphatic rings. The van der Waals surface area contributed by atoms with Crippen LogP contribution in [0.25, 0.3) is 0 Å². The van der Waals surface area contributed by atoms with Gasteiger partial charge in [-0.15, -0.1) is 0 Å². The smallest absolute Gasteiger partial charge is 0.0244 e. The van der Waals surface area contributed by atoms with Crippen molar-refractivity contribution in [3.05, 3.63) is 34.3 Å². The van der Waals surface area contributed by atoms with E-state index in [9.17, 15) is 0 Å². The Hall–Kier alpha value is -0.380. The van der Waals surface area contributed by atoms with E-state index in [2.05, 4.69) is 57.3 Å². The molecule has 18 heavy (non-hydrogen) atoms. The van der Waals surface area contributed by atoms with Crippen LogP contribution in [-0.2, 0) is 6.54 Å². The lowest BCUT2D eigenvalue weighted by molar-refractivity contribution is 0.190. The van der Waals surface area contributed by atoms with Crippen molar-refractivity contribution in [2.45, 2.75) is 38.8 Å². The van der Waals surface area contributed by atoms with Crippen LogP contribution in [-0.4, -0.2) is 30.6 Å². The van der Waals surface area contributed by atoms with Crippen LogP contribution in [0.3, 0.4) is 0 Å². The molecular formula is C15H23BrN2. The van der Waals surface area contributed by atoms with Gasteiger partial charge < -0.3 is 5.32 Å². The summed E-state index contributed by atoms with van der Waals surface area (Å²) in [5.41, 5.74) is 1.40. The highest BCUT2D eigenvalue weighted by Gasteiger charge is 2.18. The fourth-order valence-corrected chi connectivity index (χ4v) is 2.92. The molecule has 0 radical (unpaired) electrons. The average molecular weight is 311 g/mol. The molecule has 0 amide bonds. The molecule has 0 bridgehead atoms. The standard InChI is InChI=1S/C15H23BrN2/c1-2-9-17-14-7-10-18(11-8-14)12-13-5-3-4-6-15(13)16/h3-6,14,17H,2,7-12H2,1H3. The highest BCUT2D eigenvalue weighted by atomic mass is 79.9. The maximum atomic E-state index is 3.63. The lowest BCUT2D eigenvalue weighted by atomic mass is 10.0. The third-order valence-electron chi connectivity index (χ3n) is 3.62. The number of halogens is 1. The third-order valence-corrected chi connectivity index (χ3v) is 4.40. The van der Waals surface area contributed by atoms with E-state index in [0.717, 1.165) is 19.1 Å². The van der Waals surface area contributed by atoms with Gasteiger partial charge in [-0.3, -0.25) is 4.90 Å². The predicted molar refractivity (Wildman–Crippen MR) is 80.7 cm³/mol. The topological polar surface area (TPSA) is 15.3 Å². The summed E-state index contributed by atoms with van der Waals surface area (Å²) < 4.78 is 1.23. The van der Waals surface area contributed by atoms with Crippen molar-refractivity contribution in [1.29, 1.82) is 0 Å². The van der Waals surface area contributed by atoms with E-state index < -0.39 is 0 Å². The fraction of sp³-hybridized carbons (Fsp3) is 0.600. The summed E-state index contributed by atoms with van der Waals surface area (Å²) in [4.78, 5) is 2.56. The molecule has 3 heteroatoms. The number of piperidine rings is 1. The van der Waals surface area contributed by atoms with E-state index in [0.29, 0.717) is 0 Å². The summed E-state index contributed by atoms with van der Waals surface area (Å²) in [6.07, 6.45) is 3.80. The molecule has 0 spiro atoms. The quantitative estimate of drug-likeness (QED) is 0.896. The predicted octanol–water partition coefficient (Wildman–Crippen LogP) is 3.41. The van der Waals surface area contributed by atoms with Crippen LogP contribution in [0.2, 0.25) is 0 Å². The molecule has 2 nitrogen and oxygen atoms in total. The van der Waals surface area contributed by atoms with E-state index in [1.807, 2.05) is 0 Å². The van der Waals surface area contributed by atoms with Gasteiger partial charge in [0.05, 0.1) is 0 Å². The van der Waals surface area contributed by atoms with Crippen LogP contribution in [0.4, 0.5) is 0 Å². The zero-order chi connectivity index (χ0) is 12.8. The van der Waals surface area contributed by atoms with Crippen LogP contribution in [0, 0.1) is 0 Å². The van der Waals surface area contributed by atoms with Gasteiger partial charge in [-0.25, -0.2) is 0 Å². The molecule has 1 N–H and O–H groups in total. The zero-order valence-corrected chi connectivity index (χ0v) is 12.7. The molecule has 1 aliphatic heterocycles. The van der Waals surface area contributed by atoms with Gasteiger partial charge in [0.2, 0.25) is 0 Å². The highest BCUT2D eigenvalue weighted by Crippen LogP contribution is 2.20. The van der Waals surface area contributed by atoms with Gasteiger partial charge in [0, 0.05) is 17.1 Å². The number of likely N-dealkylation sites (tertiary alicyclic amines) is 1. The summed E-state index contributed by atoms with van der Waals surface area (Å²) in [7, 11) is 0. The van der Waals surface area contributed by atoms with E-state index in [-0.39, 0.29) is 0 Å². The Morgan fingerprint density at radius 1 is 1.28 bits per heavy atom. The number of rotatable bonds is 5. The maximum absolute atomic E-state index is 3.63. The van der Waals surface area contributed by atoms with Crippen molar-refractivity contribution in [1.82, 2.24) is 10.2 Å². The second-order valence-electron chi connectivity index (χ2n) is 5.10. The van der Waals surface area contributed by atoms with E-state index in [1.54, 1.807) is 0 Å². The largest absolute Gasteiger partial charge is 0.314 e. The van der Waals surface area contributed by atoms with Crippen molar-refractivity contribution in [2.75, 3.05) is 19.6 Å². The molecule has 1 aromatic rings. The molecule has 0 aromatic heterocycles. The lowest BCUT2D eigenvalue weighted by Crippen LogP contribution is -2.42. The van der Waals surface area contributed by atoms with Crippen LogP contribution in [0.1, 0.15) is 31.7 Å². The minimum atomic E-state index is 0.736. The molecule has 1 saturated heterocycles. The summed E-state index contributed by atoms with van der Waals surface area (Å²) in [6, 6.07) is 9.28. The van der Waals surface area contributed by atoms with Crippen LogP contribution in [0.15, 0.2) is 28.7 Å². The van der Waals surface area contributed by atoms with Gasteiger partial charge >= 0.3 is 0 Å². The third kappa shape index (κ3) is 4.08. The van der Waals surface area contributed by atoms with Crippen LogP contribution < -0.4 is 5.32 Å². The van der Waals surface area contributed by atoms with Gasteiger partial charge in [0.1, 0.15) is 0 Å². The number of nitrogens with one attached hydrogen (secondary N) is 1. The summed E-state index contributed by atoms with van der Waals surface area (Å²) in [5, 5.41) is 3.63. The Labute approximate surface area is 119 Å². The van der Waals surface area contributed by atoms with Crippen LogP contribution in [0.5, 0.6) is 0 Å². The molecule has 2 rings (SSSR count). The summed E-state index contributed by atoms with van der Waals surface area (Å²) in [6.45, 7) is 6.89. The van der Waals surface area contributed by atoms with Gasteiger partial charge in [-0.1, -0.05) is 41.1 Å². The number of benzene rings is 1. The number of hydrogen-bond donors (Lipinski definition) is 1. The first-order chi connectivity index (χ1) is 8.79. The average Bonchev–Trinajstić information content (AvgIpc) is 2.41. The Kier molecular flexibility index (Phi) is 5.67. The van der Waals surface area contributed by atoms with Crippen LogP contribution >= 0.6 is 15.9 Å². The highest BCUT2D eigenvalue weighted by molar-refractivity contribution is 9.10. The van der Waals surface area contributed by atoms with Crippen molar-refractivity contribution in [2.24, 2.45) is 0 Å². The Bertz CT molecular complexity index is 359. The van der Waals surface area contributed by atoms with E-state index >= 15 is 0 Å². The first kappa shape index (κ1) is 14.0. The molecule has 100 valence electrons. The number of nitrogens with zero attached hydrogens (tertiary/aromatic N) is 1. The second-order valence-corrected chi connectivity index (χ2v) is 5.95. The molecule has 0 atom stereocenters. The number of hydrogen-bond acceptors (Lipinski definition) is 2. The van der Waals surface area contributed by atoms with Crippen molar-refractivity contribution in [3.8, 4) is 0 Å². The van der Waals surface area contributed by atoms with E-state index in [4.69, 9.17) is 0 Å². The molecule has 1 heterocycles. The normalized spacial score (nSPS) is 18.1. The molecule has 0 aliphatic carbocycles. The Balaban J connectivity index is 1.78. The van der Waals surface area contributed by atoms with Crippen molar-refractivity contribution < 1.29 is 0 Å². The monoisotopic (exact) mass is 310 g/mol. The minimum Gasteiger partial charge on any atom is -0.314 e. The Morgan fingerprint density at radius 2 is 2.00 bits per heavy atom. The Morgan fingerprint density at radius 3 is 2.67 bits per heavy atom. The molecule has 1 fully saturated rings. The SMILES string of the molecule is CCCNC1CCN(Cc2ccccc2Br)CC1. The van der Waals surface area contributed by atoms with Gasteiger partial charge in [-0.05, 0) is 50.5 Å².